The van der Waals surface area contributed by atoms with Gasteiger partial charge in [-0.25, -0.2) is 13.4 Å². The van der Waals surface area contributed by atoms with Gasteiger partial charge in [0.25, 0.3) is 0 Å². The summed E-state index contributed by atoms with van der Waals surface area (Å²) in [6.07, 6.45) is 0. The average molecular weight is 289 g/mol. The van der Waals surface area contributed by atoms with Gasteiger partial charge in [0.1, 0.15) is 16.6 Å². The number of thiazole rings is 1. The van der Waals surface area contributed by atoms with Crippen molar-refractivity contribution in [3.8, 4) is 0 Å². The van der Waals surface area contributed by atoms with Crippen molar-refractivity contribution in [3.63, 3.8) is 0 Å². The van der Waals surface area contributed by atoms with Crippen molar-refractivity contribution in [2.45, 2.75) is 44.6 Å². The Hall–Kier alpha value is -0.950. The third kappa shape index (κ3) is 3.29. The third-order valence-electron chi connectivity index (χ3n) is 2.53. The molecule has 0 saturated heterocycles. The molecule has 0 aliphatic heterocycles. The molecule has 0 aromatic carbocycles. The van der Waals surface area contributed by atoms with Gasteiger partial charge >= 0.3 is 0 Å². The summed E-state index contributed by atoms with van der Waals surface area (Å²) < 4.78 is 23.7. The molecule has 0 fully saturated rings. The highest BCUT2D eigenvalue weighted by Gasteiger charge is 2.22. The maximum atomic E-state index is 11.8. The number of sulfone groups is 1. The van der Waals surface area contributed by atoms with E-state index in [0.29, 0.717) is 15.6 Å². The summed E-state index contributed by atoms with van der Waals surface area (Å²) in [5, 5.41) is 7.58. The first-order valence-electron chi connectivity index (χ1n) is 5.70. The lowest BCUT2D eigenvalue weighted by molar-refractivity contribution is 0.586. The maximum Gasteiger partial charge on any atom is 0.159 e. The molecular weight excluding hydrogens is 270 g/mol. The molecule has 1 rings (SSSR count). The summed E-state index contributed by atoms with van der Waals surface area (Å²) in [6.45, 7) is 7.20. The zero-order valence-corrected chi connectivity index (χ0v) is 12.7. The van der Waals surface area contributed by atoms with Gasteiger partial charge in [-0.15, -0.1) is 11.3 Å². The van der Waals surface area contributed by atoms with Crippen LogP contribution in [-0.4, -0.2) is 24.5 Å². The van der Waals surface area contributed by atoms with Crippen molar-refractivity contribution in [3.05, 3.63) is 15.6 Å². The van der Waals surface area contributed by atoms with Crippen LogP contribution in [-0.2, 0) is 15.6 Å². The van der Waals surface area contributed by atoms with E-state index in [0.717, 1.165) is 0 Å². The van der Waals surface area contributed by atoms with Gasteiger partial charge in [-0.3, -0.25) is 5.41 Å². The van der Waals surface area contributed by atoms with E-state index in [1.165, 1.54) is 11.3 Å². The fourth-order valence-electron chi connectivity index (χ4n) is 1.36. The summed E-state index contributed by atoms with van der Waals surface area (Å²) in [5.74, 6) is -0.0115. The molecular formula is C11H19N3O2S2. The Balaban J connectivity index is 3.14. The van der Waals surface area contributed by atoms with Gasteiger partial charge in [0, 0.05) is 0 Å². The van der Waals surface area contributed by atoms with Crippen LogP contribution in [0.15, 0.2) is 0 Å². The summed E-state index contributed by atoms with van der Waals surface area (Å²) in [6, 6.07) is 0. The molecule has 0 radical (unpaired) electrons. The van der Waals surface area contributed by atoms with Crippen molar-refractivity contribution >= 4 is 27.0 Å². The number of aromatic nitrogens is 1. The summed E-state index contributed by atoms with van der Waals surface area (Å²) in [7, 11) is -3.17. The van der Waals surface area contributed by atoms with Crippen LogP contribution >= 0.6 is 11.3 Å². The van der Waals surface area contributed by atoms with Crippen LogP contribution in [0.25, 0.3) is 0 Å². The second-order valence-corrected chi connectivity index (χ2v) is 8.39. The van der Waals surface area contributed by atoms with Crippen LogP contribution < -0.4 is 5.73 Å². The van der Waals surface area contributed by atoms with Gasteiger partial charge in [-0.1, -0.05) is 13.8 Å². The van der Waals surface area contributed by atoms with Gasteiger partial charge < -0.3 is 5.73 Å². The van der Waals surface area contributed by atoms with Crippen molar-refractivity contribution < 1.29 is 8.42 Å². The highest BCUT2D eigenvalue weighted by atomic mass is 32.2. The molecule has 0 unspecified atom stereocenters. The predicted octanol–water partition coefficient (Wildman–Crippen LogP) is 1.87. The molecule has 0 atom stereocenters. The van der Waals surface area contributed by atoms with E-state index in [9.17, 15) is 8.42 Å². The van der Waals surface area contributed by atoms with E-state index in [-0.39, 0.29) is 17.5 Å². The number of nitrogens with zero attached hydrogens (tertiary/aromatic N) is 1. The predicted molar refractivity (Wildman–Crippen MR) is 75.0 cm³/mol. The first-order valence-corrected chi connectivity index (χ1v) is 8.24. The van der Waals surface area contributed by atoms with Gasteiger partial charge in [0.05, 0.1) is 15.8 Å². The molecule has 0 spiro atoms. The molecule has 0 saturated carbocycles. The van der Waals surface area contributed by atoms with E-state index in [4.69, 9.17) is 11.1 Å². The van der Waals surface area contributed by atoms with Crippen LogP contribution in [0, 0.1) is 5.41 Å². The standard InChI is InChI=1S/C11H19N3O2S2/c1-6(2)9-10(11(12)13)17-8(14-9)5-18(15,16)7(3)4/h6-7H,5H2,1-4H3,(H3,12,13). The van der Waals surface area contributed by atoms with E-state index >= 15 is 0 Å². The minimum atomic E-state index is -3.17. The van der Waals surface area contributed by atoms with E-state index in [2.05, 4.69) is 4.98 Å². The molecule has 1 aromatic heterocycles. The first-order chi connectivity index (χ1) is 8.15. The zero-order chi connectivity index (χ0) is 14.1. The van der Waals surface area contributed by atoms with Crippen molar-refractivity contribution in [1.29, 1.82) is 5.41 Å². The third-order valence-corrected chi connectivity index (χ3v) is 5.93. The number of nitrogens with two attached hydrogens (primary N) is 1. The summed E-state index contributed by atoms with van der Waals surface area (Å²) in [5.41, 5.74) is 6.20. The molecule has 3 N–H and O–H groups in total. The van der Waals surface area contributed by atoms with Gasteiger partial charge in [0.15, 0.2) is 9.84 Å². The topological polar surface area (TPSA) is 96.9 Å². The number of nitrogens with one attached hydrogen (secondary N) is 1. The Morgan fingerprint density at radius 1 is 1.39 bits per heavy atom. The molecule has 18 heavy (non-hydrogen) atoms. The number of hydrogen-bond donors (Lipinski definition) is 2. The van der Waals surface area contributed by atoms with Crippen molar-refractivity contribution in [2.75, 3.05) is 0 Å². The van der Waals surface area contributed by atoms with Crippen molar-refractivity contribution in [1.82, 2.24) is 4.98 Å². The molecule has 0 amide bonds. The minimum Gasteiger partial charge on any atom is -0.383 e. The highest BCUT2D eigenvalue weighted by Crippen LogP contribution is 2.26. The van der Waals surface area contributed by atoms with Gasteiger partial charge in [-0.05, 0) is 19.8 Å². The highest BCUT2D eigenvalue weighted by molar-refractivity contribution is 7.91. The normalized spacial score (nSPS) is 12.3. The Bertz CT molecular complexity index is 545. The minimum absolute atomic E-state index is 0.0515. The van der Waals surface area contributed by atoms with Crippen LogP contribution in [0.2, 0.25) is 0 Å². The number of amidine groups is 1. The van der Waals surface area contributed by atoms with E-state index in [1.54, 1.807) is 13.8 Å². The monoisotopic (exact) mass is 289 g/mol. The molecule has 0 aliphatic carbocycles. The number of rotatable bonds is 5. The van der Waals surface area contributed by atoms with Crippen LogP contribution in [0.1, 0.15) is 49.2 Å². The zero-order valence-electron chi connectivity index (χ0n) is 11.0. The molecule has 1 heterocycles. The van der Waals surface area contributed by atoms with E-state index < -0.39 is 15.1 Å². The molecule has 0 aliphatic rings. The molecule has 1 aromatic rings. The summed E-state index contributed by atoms with van der Waals surface area (Å²) in [4.78, 5) is 4.90. The molecule has 0 bridgehead atoms. The Morgan fingerprint density at radius 3 is 2.28 bits per heavy atom. The maximum absolute atomic E-state index is 11.8. The fourth-order valence-corrected chi connectivity index (χ4v) is 3.71. The molecule has 102 valence electrons. The van der Waals surface area contributed by atoms with Gasteiger partial charge in [-0.2, -0.15) is 0 Å². The van der Waals surface area contributed by atoms with Crippen LogP contribution in [0.5, 0.6) is 0 Å². The van der Waals surface area contributed by atoms with Crippen molar-refractivity contribution in [2.24, 2.45) is 5.73 Å². The Labute approximate surface area is 112 Å². The average Bonchev–Trinajstić information content (AvgIpc) is 2.60. The number of hydrogen-bond acceptors (Lipinski definition) is 5. The SMILES string of the molecule is CC(C)c1nc(CS(=O)(=O)C(C)C)sc1C(=N)N. The Morgan fingerprint density at radius 2 is 1.94 bits per heavy atom. The summed E-state index contributed by atoms with van der Waals surface area (Å²) >= 11 is 1.20. The lowest BCUT2D eigenvalue weighted by Gasteiger charge is -2.04. The Kier molecular flexibility index (Phi) is 4.50. The van der Waals surface area contributed by atoms with Crippen LogP contribution in [0.3, 0.4) is 0 Å². The number of nitrogen functional groups attached to an aromatic ring is 1. The first kappa shape index (κ1) is 15.1. The van der Waals surface area contributed by atoms with E-state index in [1.807, 2.05) is 13.8 Å². The fraction of sp³-hybridized carbons (Fsp3) is 0.636. The lowest BCUT2D eigenvalue weighted by Crippen LogP contribution is -2.15. The quantitative estimate of drug-likeness (QED) is 0.638. The largest absolute Gasteiger partial charge is 0.383 e. The van der Waals surface area contributed by atoms with Crippen LogP contribution in [0.4, 0.5) is 0 Å². The molecule has 5 nitrogen and oxygen atoms in total. The smallest absolute Gasteiger partial charge is 0.159 e. The lowest BCUT2D eigenvalue weighted by atomic mass is 10.1. The second-order valence-electron chi connectivity index (χ2n) is 4.75. The van der Waals surface area contributed by atoms with Gasteiger partial charge in [0.2, 0.25) is 0 Å². The second kappa shape index (κ2) is 5.36. The molecule has 7 heteroatoms.